The minimum atomic E-state index is -3.83. The highest BCUT2D eigenvalue weighted by atomic mass is 32.2. The minimum absolute atomic E-state index is 0.0109. The van der Waals surface area contributed by atoms with Gasteiger partial charge in [0.15, 0.2) is 9.84 Å². The van der Waals surface area contributed by atoms with Crippen molar-refractivity contribution in [3.8, 4) is 0 Å². The van der Waals surface area contributed by atoms with Gasteiger partial charge < -0.3 is 5.11 Å². The number of carboxylic acid groups (broad SMARTS) is 1. The topological polar surface area (TPSA) is 109 Å². The summed E-state index contributed by atoms with van der Waals surface area (Å²) in [4.78, 5) is 10.7. The van der Waals surface area contributed by atoms with Crippen molar-refractivity contribution >= 4 is 25.8 Å². The Bertz CT molecular complexity index is 751. The van der Waals surface area contributed by atoms with Crippen LogP contribution in [0.4, 0.5) is 0 Å². The first-order valence-electron chi connectivity index (χ1n) is 6.19. The maximum Gasteiger partial charge on any atom is 0.335 e. The fourth-order valence-electron chi connectivity index (χ4n) is 2.25. The van der Waals surface area contributed by atoms with Gasteiger partial charge >= 0.3 is 5.97 Å². The van der Waals surface area contributed by atoms with Crippen LogP contribution in [0.5, 0.6) is 0 Å². The van der Waals surface area contributed by atoms with Crippen LogP contribution in [0.15, 0.2) is 29.2 Å². The highest BCUT2D eigenvalue weighted by Gasteiger charge is 2.36. The average Bonchev–Trinajstić information content (AvgIpc) is 2.37. The monoisotopic (exact) mass is 333 g/mol. The van der Waals surface area contributed by atoms with Gasteiger partial charge in [-0.3, -0.25) is 0 Å². The van der Waals surface area contributed by atoms with Gasteiger partial charge in [0.05, 0.1) is 22.0 Å². The molecule has 1 unspecified atom stereocenters. The molecule has 0 spiro atoms. The summed E-state index contributed by atoms with van der Waals surface area (Å²) < 4.78 is 49.1. The summed E-state index contributed by atoms with van der Waals surface area (Å²) in [5, 5.41) is 8.80. The quantitative estimate of drug-likeness (QED) is 0.846. The molecule has 1 aromatic carbocycles. The maximum absolute atomic E-state index is 12.5. The first kappa shape index (κ1) is 15.9. The van der Waals surface area contributed by atoms with Crippen molar-refractivity contribution in [1.29, 1.82) is 0 Å². The van der Waals surface area contributed by atoms with Gasteiger partial charge in [0.1, 0.15) is 0 Å². The summed E-state index contributed by atoms with van der Waals surface area (Å²) >= 11 is 0. The van der Waals surface area contributed by atoms with Crippen molar-refractivity contribution in [2.75, 3.05) is 18.1 Å². The van der Waals surface area contributed by atoms with E-state index in [4.69, 9.17) is 5.11 Å². The van der Waals surface area contributed by atoms with Crippen molar-refractivity contribution in [2.24, 2.45) is 0 Å². The number of benzene rings is 1. The molecule has 7 nitrogen and oxygen atoms in total. The number of hydrogen-bond acceptors (Lipinski definition) is 5. The Morgan fingerprint density at radius 1 is 1.29 bits per heavy atom. The molecule has 0 bridgehead atoms. The lowest BCUT2D eigenvalue weighted by molar-refractivity contribution is 0.0696. The normalized spacial score (nSPS) is 22.8. The van der Waals surface area contributed by atoms with E-state index >= 15 is 0 Å². The second-order valence-corrected chi connectivity index (χ2v) is 9.03. The lowest BCUT2D eigenvalue weighted by Crippen LogP contribution is -2.49. The molecule has 1 atom stereocenters. The molecular formula is C12H15NO6S2. The molecule has 0 radical (unpaired) electrons. The Kier molecular flexibility index (Phi) is 4.09. The van der Waals surface area contributed by atoms with Crippen molar-refractivity contribution in [1.82, 2.24) is 4.31 Å². The molecule has 1 aromatic rings. The second-order valence-electron chi connectivity index (χ2n) is 4.91. The highest BCUT2D eigenvalue weighted by Crippen LogP contribution is 2.22. The third kappa shape index (κ3) is 3.25. The smallest absolute Gasteiger partial charge is 0.335 e. The molecule has 21 heavy (non-hydrogen) atoms. The third-order valence-corrected chi connectivity index (χ3v) is 7.14. The van der Waals surface area contributed by atoms with Crippen LogP contribution in [-0.2, 0) is 19.9 Å². The Labute approximate surface area is 123 Å². The fraction of sp³-hybridized carbons (Fsp3) is 0.417. The number of carboxylic acids is 1. The van der Waals surface area contributed by atoms with Gasteiger partial charge in [-0.15, -0.1) is 0 Å². The molecule has 0 aliphatic carbocycles. The van der Waals surface area contributed by atoms with Crippen LogP contribution >= 0.6 is 0 Å². The summed E-state index contributed by atoms with van der Waals surface area (Å²) in [6, 6.07) is 4.21. The van der Waals surface area contributed by atoms with Crippen molar-refractivity contribution in [2.45, 2.75) is 17.9 Å². The molecule has 1 heterocycles. The molecule has 116 valence electrons. The van der Waals surface area contributed by atoms with E-state index in [1.165, 1.54) is 24.3 Å². The summed E-state index contributed by atoms with van der Waals surface area (Å²) in [5.41, 5.74) is -0.0109. The van der Waals surface area contributed by atoms with E-state index in [-0.39, 0.29) is 28.5 Å². The molecule has 1 saturated heterocycles. The van der Waals surface area contributed by atoms with E-state index in [0.717, 1.165) is 4.31 Å². The number of sulfone groups is 1. The number of carbonyl (C=O) groups is 1. The number of hydrogen-bond donors (Lipinski definition) is 1. The van der Waals surface area contributed by atoms with E-state index in [2.05, 4.69) is 0 Å². The zero-order valence-electron chi connectivity index (χ0n) is 11.3. The Balaban J connectivity index is 2.32. The van der Waals surface area contributed by atoms with Crippen LogP contribution in [0.3, 0.4) is 0 Å². The molecular weight excluding hydrogens is 318 g/mol. The van der Waals surface area contributed by atoms with E-state index < -0.39 is 31.9 Å². The lowest BCUT2D eigenvalue weighted by atomic mass is 10.2. The SMILES string of the molecule is CC1CS(=O)(=O)CCN1S(=O)(=O)c1ccc(C(=O)O)cc1. The number of rotatable bonds is 3. The average molecular weight is 333 g/mol. The van der Waals surface area contributed by atoms with E-state index in [1.54, 1.807) is 6.92 Å². The predicted octanol–water partition coefficient (Wildman–Crippen LogP) is 0.192. The fourth-order valence-corrected chi connectivity index (χ4v) is 5.64. The van der Waals surface area contributed by atoms with Crippen LogP contribution in [-0.4, -0.2) is 56.3 Å². The number of sulfonamides is 1. The Hall–Kier alpha value is -1.45. The molecule has 0 saturated carbocycles. The van der Waals surface area contributed by atoms with Crippen LogP contribution < -0.4 is 0 Å². The largest absolute Gasteiger partial charge is 0.478 e. The Morgan fingerprint density at radius 3 is 2.33 bits per heavy atom. The predicted molar refractivity (Wildman–Crippen MR) is 75.4 cm³/mol. The number of aromatic carboxylic acids is 1. The summed E-state index contributed by atoms with van der Waals surface area (Å²) in [7, 11) is -7.04. The lowest BCUT2D eigenvalue weighted by Gasteiger charge is -2.32. The molecule has 2 rings (SSSR count). The second kappa shape index (κ2) is 5.39. The molecule has 0 amide bonds. The molecule has 1 N–H and O–H groups in total. The summed E-state index contributed by atoms with van der Waals surface area (Å²) in [5.74, 6) is -1.56. The van der Waals surface area contributed by atoms with Gasteiger partial charge in [-0.05, 0) is 31.2 Å². The van der Waals surface area contributed by atoms with Gasteiger partial charge in [0.2, 0.25) is 10.0 Å². The van der Waals surface area contributed by atoms with Gasteiger partial charge in [-0.1, -0.05) is 0 Å². The van der Waals surface area contributed by atoms with Crippen LogP contribution in [0.2, 0.25) is 0 Å². The van der Waals surface area contributed by atoms with E-state index in [9.17, 15) is 21.6 Å². The van der Waals surface area contributed by atoms with Gasteiger partial charge in [-0.25, -0.2) is 21.6 Å². The highest BCUT2D eigenvalue weighted by molar-refractivity contribution is 7.92. The van der Waals surface area contributed by atoms with Crippen molar-refractivity contribution < 1.29 is 26.7 Å². The van der Waals surface area contributed by atoms with Crippen LogP contribution in [0.1, 0.15) is 17.3 Å². The van der Waals surface area contributed by atoms with Gasteiger partial charge in [-0.2, -0.15) is 4.31 Å². The number of nitrogens with zero attached hydrogens (tertiary/aromatic N) is 1. The van der Waals surface area contributed by atoms with Gasteiger partial charge in [0, 0.05) is 12.6 Å². The van der Waals surface area contributed by atoms with E-state index in [0.29, 0.717) is 0 Å². The molecule has 1 aliphatic rings. The molecule has 1 aliphatic heterocycles. The zero-order valence-corrected chi connectivity index (χ0v) is 12.9. The first-order chi connectivity index (χ1) is 9.63. The van der Waals surface area contributed by atoms with Gasteiger partial charge in [0.25, 0.3) is 0 Å². The zero-order chi connectivity index (χ0) is 15.8. The molecule has 1 fully saturated rings. The van der Waals surface area contributed by atoms with E-state index in [1.807, 2.05) is 0 Å². The Morgan fingerprint density at radius 2 is 1.86 bits per heavy atom. The maximum atomic E-state index is 12.5. The van der Waals surface area contributed by atoms with Crippen molar-refractivity contribution in [3.05, 3.63) is 29.8 Å². The van der Waals surface area contributed by atoms with Crippen LogP contribution in [0.25, 0.3) is 0 Å². The minimum Gasteiger partial charge on any atom is -0.478 e. The summed E-state index contributed by atoms with van der Waals surface area (Å²) in [6.45, 7) is 1.45. The summed E-state index contributed by atoms with van der Waals surface area (Å²) in [6.07, 6.45) is 0. The molecule has 9 heteroatoms. The van der Waals surface area contributed by atoms with Crippen LogP contribution in [0, 0.1) is 0 Å². The first-order valence-corrected chi connectivity index (χ1v) is 9.45. The van der Waals surface area contributed by atoms with Crippen molar-refractivity contribution in [3.63, 3.8) is 0 Å². The molecule has 0 aromatic heterocycles. The third-order valence-electron chi connectivity index (χ3n) is 3.32. The standard InChI is InChI=1S/C12H15NO6S2/c1-9-8-20(16,17)7-6-13(9)21(18,19)11-4-2-10(3-5-11)12(14)15/h2-5,9H,6-8H2,1H3,(H,14,15).